The molecule has 112 valence electrons. The van der Waals surface area contributed by atoms with Crippen LogP contribution in [-0.4, -0.2) is 48.6 Å². The minimum absolute atomic E-state index is 0. The first kappa shape index (κ1) is 17.7. The number of nitrogens with zero attached hydrogens (tertiary/aromatic N) is 2. The summed E-state index contributed by atoms with van der Waals surface area (Å²) in [7, 11) is 0. The SMILES string of the molecule is I.NC(=NCCOc1ccc(Cl)cc1)N1CCSCC1. The van der Waals surface area contributed by atoms with Crippen LogP contribution in [0.2, 0.25) is 5.02 Å². The van der Waals surface area contributed by atoms with Crippen LogP contribution in [0.1, 0.15) is 0 Å². The lowest BCUT2D eigenvalue weighted by molar-refractivity contribution is 0.327. The van der Waals surface area contributed by atoms with Gasteiger partial charge in [-0.3, -0.25) is 0 Å². The second-order valence-electron chi connectivity index (χ2n) is 4.14. The molecule has 1 fully saturated rings. The largest absolute Gasteiger partial charge is 0.492 e. The van der Waals surface area contributed by atoms with Crippen LogP contribution in [0.3, 0.4) is 0 Å². The Morgan fingerprint density at radius 2 is 1.95 bits per heavy atom. The van der Waals surface area contributed by atoms with E-state index in [0.717, 1.165) is 30.3 Å². The Hall–Kier alpha value is -0.340. The highest BCUT2D eigenvalue weighted by atomic mass is 127. The number of hydrogen-bond acceptors (Lipinski definition) is 3. The number of guanidine groups is 1. The monoisotopic (exact) mass is 427 g/mol. The quantitative estimate of drug-likeness (QED) is 0.347. The second-order valence-corrected chi connectivity index (χ2v) is 5.80. The van der Waals surface area contributed by atoms with E-state index in [1.54, 1.807) is 12.1 Å². The summed E-state index contributed by atoms with van der Waals surface area (Å²) in [5, 5.41) is 0.706. The van der Waals surface area contributed by atoms with Crippen LogP contribution in [0.4, 0.5) is 0 Å². The standard InChI is InChI=1S/C13H18ClN3OS.HI/c14-11-1-3-12(4-2-11)18-8-5-16-13(15)17-6-9-19-10-7-17;/h1-4H,5-10H2,(H2,15,16);1H. The van der Waals surface area contributed by atoms with Crippen molar-refractivity contribution < 1.29 is 4.74 Å². The van der Waals surface area contributed by atoms with Gasteiger partial charge in [-0.1, -0.05) is 11.6 Å². The maximum atomic E-state index is 5.94. The summed E-state index contributed by atoms with van der Waals surface area (Å²) >= 11 is 7.75. The Morgan fingerprint density at radius 3 is 2.60 bits per heavy atom. The molecule has 0 saturated carbocycles. The van der Waals surface area contributed by atoms with E-state index < -0.39 is 0 Å². The van der Waals surface area contributed by atoms with E-state index in [-0.39, 0.29) is 24.0 Å². The van der Waals surface area contributed by atoms with Crippen molar-refractivity contribution in [2.45, 2.75) is 0 Å². The summed E-state index contributed by atoms with van der Waals surface area (Å²) < 4.78 is 5.55. The molecule has 2 rings (SSSR count). The van der Waals surface area contributed by atoms with Crippen molar-refractivity contribution >= 4 is 53.3 Å². The third kappa shape index (κ3) is 5.97. The summed E-state index contributed by atoms with van der Waals surface area (Å²) in [5.74, 6) is 3.67. The first-order chi connectivity index (χ1) is 9.25. The molecular weight excluding hydrogens is 409 g/mol. The van der Waals surface area contributed by atoms with Gasteiger partial charge in [0.05, 0.1) is 6.54 Å². The zero-order valence-corrected chi connectivity index (χ0v) is 15.0. The highest BCUT2D eigenvalue weighted by Gasteiger charge is 2.11. The molecule has 1 aliphatic heterocycles. The maximum absolute atomic E-state index is 5.94. The van der Waals surface area contributed by atoms with Gasteiger partial charge in [0, 0.05) is 29.6 Å². The van der Waals surface area contributed by atoms with Gasteiger partial charge in [-0.05, 0) is 24.3 Å². The Balaban J connectivity index is 0.00000200. The van der Waals surface area contributed by atoms with Gasteiger partial charge in [0.1, 0.15) is 12.4 Å². The van der Waals surface area contributed by atoms with Gasteiger partial charge in [0.15, 0.2) is 5.96 Å². The van der Waals surface area contributed by atoms with E-state index in [1.165, 1.54) is 0 Å². The summed E-state index contributed by atoms with van der Waals surface area (Å²) in [4.78, 5) is 6.46. The molecule has 1 aliphatic rings. The molecular formula is C13H19ClIN3OS. The molecule has 2 N–H and O–H groups in total. The first-order valence-corrected chi connectivity index (χ1v) is 7.80. The van der Waals surface area contributed by atoms with Crippen molar-refractivity contribution in [3.8, 4) is 5.75 Å². The Bertz CT molecular complexity index is 424. The Labute approximate surface area is 146 Å². The molecule has 0 unspecified atom stereocenters. The fourth-order valence-electron chi connectivity index (χ4n) is 1.75. The summed E-state index contributed by atoms with van der Waals surface area (Å²) in [6.45, 7) is 3.05. The third-order valence-electron chi connectivity index (χ3n) is 2.78. The van der Waals surface area contributed by atoms with Crippen molar-refractivity contribution in [1.82, 2.24) is 4.90 Å². The van der Waals surface area contributed by atoms with Gasteiger partial charge >= 0.3 is 0 Å². The lowest BCUT2D eigenvalue weighted by Crippen LogP contribution is -2.42. The van der Waals surface area contributed by atoms with Crippen molar-refractivity contribution in [2.75, 3.05) is 37.7 Å². The van der Waals surface area contributed by atoms with Crippen molar-refractivity contribution in [3.05, 3.63) is 29.3 Å². The molecule has 20 heavy (non-hydrogen) atoms. The number of halogens is 2. The topological polar surface area (TPSA) is 50.9 Å². The first-order valence-electron chi connectivity index (χ1n) is 6.27. The van der Waals surface area contributed by atoms with Crippen LogP contribution in [-0.2, 0) is 0 Å². The number of thioether (sulfide) groups is 1. The van der Waals surface area contributed by atoms with Crippen LogP contribution in [0, 0.1) is 0 Å². The van der Waals surface area contributed by atoms with Crippen LogP contribution >= 0.6 is 47.3 Å². The summed E-state index contributed by atoms with van der Waals surface area (Å²) in [5.41, 5.74) is 5.94. The number of aliphatic imine (C=N–C) groups is 1. The number of benzene rings is 1. The lowest BCUT2D eigenvalue weighted by Gasteiger charge is -2.27. The predicted molar refractivity (Wildman–Crippen MR) is 97.7 cm³/mol. The van der Waals surface area contributed by atoms with E-state index in [9.17, 15) is 0 Å². The van der Waals surface area contributed by atoms with Gasteiger partial charge in [-0.25, -0.2) is 4.99 Å². The fourth-order valence-corrected chi connectivity index (χ4v) is 2.78. The molecule has 4 nitrogen and oxygen atoms in total. The van der Waals surface area contributed by atoms with Crippen LogP contribution in [0.5, 0.6) is 5.75 Å². The Morgan fingerprint density at radius 1 is 1.30 bits per heavy atom. The van der Waals surface area contributed by atoms with Gasteiger partial charge in [-0.15, -0.1) is 24.0 Å². The zero-order chi connectivity index (χ0) is 13.5. The molecule has 1 aromatic rings. The number of nitrogens with two attached hydrogens (primary N) is 1. The predicted octanol–water partition coefficient (Wildman–Crippen LogP) is 2.70. The molecule has 0 radical (unpaired) electrons. The molecule has 1 aromatic carbocycles. The van der Waals surface area contributed by atoms with E-state index in [2.05, 4.69) is 9.89 Å². The maximum Gasteiger partial charge on any atom is 0.191 e. The average molecular weight is 428 g/mol. The zero-order valence-electron chi connectivity index (χ0n) is 11.1. The van der Waals surface area contributed by atoms with E-state index in [4.69, 9.17) is 22.1 Å². The van der Waals surface area contributed by atoms with Crippen molar-refractivity contribution in [2.24, 2.45) is 10.7 Å². The fraction of sp³-hybridized carbons (Fsp3) is 0.462. The number of ether oxygens (including phenoxy) is 1. The molecule has 0 aromatic heterocycles. The van der Waals surface area contributed by atoms with Gasteiger partial charge < -0.3 is 15.4 Å². The van der Waals surface area contributed by atoms with Crippen LogP contribution in [0.25, 0.3) is 0 Å². The van der Waals surface area contributed by atoms with Crippen LogP contribution in [0.15, 0.2) is 29.3 Å². The molecule has 0 spiro atoms. The van der Waals surface area contributed by atoms with Gasteiger partial charge in [-0.2, -0.15) is 11.8 Å². The van der Waals surface area contributed by atoms with E-state index >= 15 is 0 Å². The minimum atomic E-state index is 0. The summed E-state index contributed by atoms with van der Waals surface area (Å²) in [6.07, 6.45) is 0. The number of rotatable bonds is 4. The molecule has 1 saturated heterocycles. The van der Waals surface area contributed by atoms with Crippen LogP contribution < -0.4 is 10.5 Å². The molecule has 7 heteroatoms. The lowest BCUT2D eigenvalue weighted by atomic mass is 10.3. The highest BCUT2D eigenvalue weighted by molar-refractivity contribution is 14.0. The van der Waals surface area contributed by atoms with Crippen molar-refractivity contribution in [3.63, 3.8) is 0 Å². The van der Waals surface area contributed by atoms with Gasteiger partial charge in [0.2, 0.25) is 0 Å². The molecule has 0 amide bonds. The molecule has 0 aliphatic carbocycles. The minimum Gasteiger partial charge on any atom is -0.492 e. The van der Waals surface area contributed by atoms with E-state index in [0.29, 0.717) is 24.1 Å². The van der Waals surface area contributed by atoms with E-state index in [1.807, 2.05) is 23.9 Å². The third-order valence-corrected chi connectivity index (χ3v) is 3.98. The normalized spacial score (nSPS) is 15.7. The van der Waals surface area contributed by atoms with Gasteiger partial charge in [0.25, 0.3) is 0 Å². The van der Waals surface area contributed by atoms with Crippen molar-refractivity contribution in [1.29, 1.82) is 0 Å². The summed E-state index contributed by atoms with van der Waals surface area (Å²) in [6, 6.07) is 7.30. The average Bonchev–Trinajstić information content (AvgIpc) is 2.46. The smallest absolute Gasteiger partial charge is 0.191 e. The second kappa shape index (κ2) is 9.57. The molecule has 0 bridgehead atoms. The molecule has 0 atom stereocenters. The highest BCUT2D eigenvalue weighted by Crippen LogP contribution is 2.15. The molecule has 1 heterocycles. The number of hydrogen-bond donors (Lipinski definition) is 1. The Kier molecular flexibility index (Phi) is 8.47.